The van der Waals surface area contributed by atoms with Gasteiger partial charge in [-0.2, -0.15) is 0 Å². The van der Waals surface area contributed by atoms with Crippen LogP contribution in [0.2, 0.25) is 5.02 Å². The van der Waals surface area contributed by atoms with E-state index >= 15 is 0 Å². The monoisotopic (exact) mass is 376 g/mol. The summed E-state index contributed by atoms with van der Waals surface area (Å²) in [4.78, 5) is 3.89. The van der Waals surface area contributed by atoms with Crippen molar-refractivity contribution in [3.8, 4) is 0 Å². The van der Waals surface area contributed by atoms with Gasteiger partial charge in [-0.25, -0.2) is 12.8 Å². The number of anilines is 1. The highest BCUT2D eigenvalue weighted by atomic mass is 35.5. The van der Waals surface area contributed by atoms with E-state index in [1.165, 1.54) is 22.5 Å². The number of halogens is 2. The van der Waals surface area contributed by atoms with Gasteiger partial charge in [0.15, 0.2) is 0 Å². The Bertz CT molecular complexity index is 964. The van der Waals surface area contributed by atoms with Gasteiger partial charge in [0.1, 0.15) is 5.82 Å². The molecule has 0 amide bonds. The number of hydrogen-bond acceptors (Lipinski definition) is 3. The standard InChI is InChI=1S/C18H14ClFN2O2S/c19-15-6-8-17(9-7-15)22(13-14-3-2-10-21-12-14)25(23,24)18-5-1-4-16(20)11-18/h1-12H,13H2. The number of benzene rings is 2. The van der Waals surface area contributed by atoms with Gasteiger partial charge >= 0.3 is 0 Å². The van der Waals surface area contributed by atoms with Crippen molar-refractivity contribution in [3.63, 3.8) is 0 Å². The maximum absolute atomic E-state index is 13.5. The first-order valence-corrected chi connectivity index (χ1v) is 9.21. The van der Waals surface area contributed by atoms with E-state index < -0.39 is 15.8 Å². The molecule has 0 aliphatic rings. The molecule has 0 radical (unpaired) electrons. The van der Waals surface area contributed by atoms with Crippen LogP contribution in [0.25, 0.3) is 0 Å². The van der Waals surface area contributed by atoms with Crippen molar-refractivity contribution < 1.29 is 12.8 Å². The fraction of sp³-hybridized carbons (Fsp3) is 0.0556. The van der Waals surface area contributed by atoms with E-state index in [1.807, 2.05) is 0 Å². The smallest absolute Gasteiger partial charge is 0.264 e. The first-order valence-electron chi connectivity index (χ1n) is 7.39. The van der Waals surface area contributed by atoms with Crippen molar-refractivity contribution in [2.75, 3.05) is 4.31 Å². The summed E-state index contributed by atoms with van der Waals surface area (Å²) in [5, 5.41) is 0.494. The predicted molar refractivity (Wildman–Crippen MR) is 95.5 cm³/mol. The lowest BCUT2D eigenvalue weighted by atomic mass is 10.2. The molecular weight excluding hydrogens is 363 g/mol. The molecule has 0 saturated carbocycles. The Balaban J connectivity index is 2.08. The molecule has 1 heterocycles. The van der Waals surface area contributed by atoms with E-state index in [9.17, 15) is 12.8 Å². The zero-order chi connectivity index (χ0) is 17.9. The van der Waals surface area contributed by atoms with Gasteiger partial charge in [0.25, 0.3) is 10.0 Å². The van der Waals surface area contributed by atoms with Crippen LogP contribution in [0, 0.1) is 5.82 Å². The van der Waals surface area contributed by atoms with E-state index in [0.717, 1.165) is 6.07 Å². The van der Waals surface area contributed by atoms with E-state index in [4.69, 9.17) is 11.6 Å². The molecule has 0 N–H and O–H groups in total. The highest BCUT2D eigenvalue weighted by Gasteiger charge is 2.25. The molecule has 4 nitrogen and oxygen atoms in total. The number of sulfonamides is 1. The minimum Gasteiger partial charge on any atom is -0.264 e. The Kier molecular flexibility index (Phi) is 5.01. The zero-order valence-electron chi connectivity index (χ0n) is 13.0. The van der Waals surface area contributed by atoms with Crippen molar-refractivity contribution in [1.29, 1.82) is 0 Å². The molecule has 0 aliphatic carbocycles. The number of pyridine rings is 1. The third kappa shape index (κ3) is 3.97. The van der Waals surface area contributed by atoms with Gasteiger partial charge in [0, 0.05) is 17.4 Å². The van der Waals surface area contributed by atoms with Gasteiger partial charge in [-0.05, 0) is 54.1 Å². The van der Waals surface area contributed by atoms with Crippen molar-refractivity contribution >= 4 is 27.3 Å². The van der Waals surface area contributed by atoms with Gasteiger partial charge in [-0.3, -0.25) is 9.29 Å². The van der Waals surface area contributed by atoms with Crippen LogP contribution in [0.15, 0.2) is 78.0 Å². The molecule has 1 aromatic heterocycles. The van der Waals surface area contributed by atoms with E-state index in [-0.39, 0.29) is 11.4 Å². The van der Waals surface area contributed by atoms with Crippen LogP contribution < -0.4 is 4.31 Å². The molecule has 7 heteroatoms. The fourth-order valence-electron chi connectivity index (χ4n) is 2.33. The second kappa shape index (κ2) is 7.21. The summed E-state index contributed by atoms with van der Waals surface area (Å²) in [6.45, 7) is 0.0638. The van der Waals surface area contributed by atoms with E-state index in [1.54, 1.807) is 48.8 Å². The first-order chi connectivity index (χ1) is 12.0. The normalized spacial score (nSPS) is 11.3. The minimum atomic E-state index is -3.97. The summed E-state index contributed by atoms with van der Waals surface area (Å²) >= 11 is 5.90. The second-order valence-corrected chi connectivity index (χ2v) is 7.61. The Morgan fingerprint density at radius 2 is 1.80 bits per heavy atom. The number of nitrogens with zero attached hydrogens (tertiary/aromatic N) is 2. The number of rotatable bonds is 5. The third-order valence-electron chi connectivity index (χ3n) is 3.55. The molecule has 0 bridgehead atoms. The Morgan fingerprint density at radius 1 is 1.04 bits per heavy atom. The van der Waals surface area contributed by atoms with Gasteiger partial charge in [-0.1, -0.05) is 23.7 Å². The molecule has 0 unspecified atom stereocenters. The fourth-order valence-corrected chi connectivity index (χ4v) is 3.95. The van der Waals surface area contributed by atoms with E-state index in [0.29, 0.717) is 16.3 Å². The maximum atomic E-state index is 13.5. The molecule has 25 heavy (non-hydrogen) atoms. The summed E-state index contributed by atoms with van der Waals surface area (Å²) in [5.74, 6) is -0.612. The third-order valence-corrected chi connectivity index (χ3v) is 5.57. The summed E-state index contributed by atoms with van der Waals surface area (Å²) in [6.07, 6.45) is 3.20. The summed E-state index contributed by atoms with van der Waals surface area (Å²) in [5.41, 5.74) is 1.13. The van der Waals surface area contributed by atoms with Crippen molar-refractivity contribution in [2.24, 2.45) is 0 Å². The number of hydrogen-bond donors (Lipinski definition) is 0. The highest BCUT2D eigenvalue weighted by Crippen LogP contribution is 2.27. The second-order valence-electron chi connectivity index (χ2n) is 5.31. The Morgan fingerprint density at radius 3 is 2.44 bits per heavy atom. The zero-order valence-corrected chi connectivity index (χ0v) is 14.6. The molecule has 0 atom stereocenters. The topological polar surface area (TPSA) is 50.3 Å². The van der Waals surface area contributed by atoms with Gasteiger partial charge in [-0.15, -0.1) is 0 Å². The average Bonchev–Trinajstić information content (AvgIpc) is 2.61. The SMILES string of the molecule is O=S(=O)(c1cccc(F)c1)N(Cc1cccnc1)c1ccc(Cl)cc1. The van der Waals surface area contributed by atoms with Crippen molar-refractivity contribution in [2.45, 2.75) is 11.4 Å². The molecule has 3 rings (SSSR count). The summed E-state index contributed by atoms with van der Waals surface area (Å²) in [6, 6.07) is 14.9. The summed E-state index contributed by atoms with van der Waals surface area (Å²) < 4.78 is 40.9. The van der Waals surface area contributed by atoms with Crippen molar-refractivity contribution in [3.05, 3.63) is 89.5 Å². The van der Waals surface area contributed by atoms with Crippen LogP contribution in [0.1, 0.15) is 5.56 Å². The molecule has 2 aromatic carbocycles. The number of aromatic nitrogens is 1. The van der Waals surface area contributed by atoms with Gasteiger partial charge in [0.05, 0.1) is 17.1 Å². The van der Waals surface area contributed by atoms with Crippen LogP contribution in [-0.4, -0.2) is 13.4 Å². The van der Waals surface area contributed by atoms with Crippen LogP contribution in [-0.2, 0) is 16.6 Å². The molecule has 0 aliphatic heterocycles. The summed E-state index contributed by atoms with van der Waals surface area (Å²) in [7, 11) is -3.97. The van der Waals surface area contributed by atoms with Crippen LogP contribution >= 0.6 is 11.6 Å². The quantitative estimate of drug-likeness (QED) is 0.668. The first kappa shape index (κ1) is 17.4. The van der Waals surface area contributed by atoms with Crippen molar-refractivity contribution in [1.82, 2.24) is 4.98 Å². The molecule has 0 spiro atoms. The lowest BCUT2D eigenvalue weighted by molar-refractivity contribution is 0.585. The Labute approximate surface area is 150 Å². The average molecular weight is 377 g/mol. The van der Waals surface area contributed by atoms with E-state index in [2.05, 4.69) is 4.98 Å². The van der Waals surface area contributed by atoms with Gasteiger partial charge in [0.2, 0.25) is 0 Å². The molecule has 3 aromatic rings. The predicted octanol–water partition coefficient (Wildman–Crippen LogP) is 4.27. The maximum Gasteiger partial charge on any atom is 0.264 e. The molecular formula is C18H14ClFN2O2S. The van der Waals surface area contributed by atoms with Crippen LogP contribution in [0.5, 0.6) is 0 Å². The molecule has 0 fully saturated rings. The molecule has 128 valence electrons. The highest BCUT2D eigenvalue weighted by molar-refractivity contribution is 7.92. The Hall–Kier alpha value is -2.44. The van der Waals surface area contributed by atoms with Crippen LogP contribution in [0.3, 0.4) is 0 Å². The molecule has 0 saturated heterocycles. The van der Waals surface area contributed by atoms with Gasteiger partial charge < -0.3 is 0 Å². The lowest BCUT2D eigenvalue weighted by Crippen LogP contribution is -2.30. The minimum absolute atomic E-state index is 0.0638. The van der Waals surface area contributed by atoms with Crippen LogP contribution in [0.4, 0.5) is 10.1 Å². The largest absolute Gasteiger partial charge is 0.264 e. The lowest BCUT2D eigenvalue weighted by Gasteiger charge is -2.24.